The summed E-state index contributed by atoms with van der Waals surface area (Å²) in [5.41, 5.74) is 3.49. The number of ether oxygens (including phenoxy) is 1. The molecule has 2 aliphatic heterocycles. The minimum atomic E-state index is 0.157. The quantitative estimate of drug-likeness (QED) is 0.789. The molecular formula is C17H23NO2. The van der Waals surface area contributed by atoms with E-state index in [1.807, 2.05) is 6.07 Å². The maximum Gasteiger partial charge on any atom is 0.159 e. The Morgan fingerprint density at radius 1 is 1.40 bits per heavy atom. The summed E-state index contributed by atoms with van der Waals surface area (Å²) >= 11 is 0. The summed E-state index contributed by atoms with van der Waals surface area (Å²) < 4.78 is 5.71. The molecule has 0 N–H and O–H groups in total. The van der Waals surface area contributed by atoms with Gasteiger partial charge >= 0.3 is 0 Å². The van der Waals surface area contributed by atoms with Crippen LogP contribution in [0.15, 0.2) is 18.2 Å². The molecule has 3 heteroatoms. The molecule has 1 saturated heterocycles. The first-order valence-electron chi connectivity index (χ1n) is 7.74. The molecule has 3 nitrogen and oxygen atoms in total. The molecule has 3 rings (SSSR count). The van der Waals surface area contributed by atoms with Crippen molar-refractivity contribution in [3.8, 4) is 0 Å². The van der Waals surface area contributed by atoms with E-state index in [-0.39, 0.29) is 5.78 Å². The number of benzene rings is 1. The van der Waals surface area contributed by atoms with Crippen LogP contribution in [0.4, 0.5) is 5.69 Å². The minimum Gasteiger partial charge on any atom is -0.378 e. The molecule has 0 aromatic heterocycles. The number of ketones is 1. The van der Waals surface area contributed by atoms with Crippen molar-refractivity contribution >= 4 is 11.5 Å². The van der Waals surface area contributed by atoms with Crippen LogP contribution in [0.25, 0.3) is 0 Å². The van der Waals surface area contributed by atoms with Crippen LogP contribution in [0.5, 0.6) is 0 Å². The van der Waals surface area contributed by atoms with Gasteiger partial charge in [0.1, 0.15) is 0 Å². The highest BCUT2D eigenvalue weighted by Crippen LogP contribution is 2.29. The summed E-state index contributed by atoms with van der Waals surface area (Å²) in [6.45, 7) is 4.76. The lowest BCUT2D eigenvalue weighted by Gasteiger charge is -2.32. The lowest BCUT2D eigenvalue weighted by molar-refractivity contribution is 0.101. The Morgan fingerprint density at radius 2 is 2.30 bits per heavy atom. The normalized spacial score (nSPS) is 21.9. The molecule has 0 spiro atoms. The van der Waals surface area contributed by atoms with Crippen molar-refractivity contribution in [1.29, 1.82) is 0 Å². The number of carbonyl (C=O) groups is 1. The summed E-state index contributed by atoms with van der Waals surface area (Å²) in [6, 6.07) is 6.17. The standard InChI is InChI=1S/C17H23NO2/c1-13(19)14-6-7-17-15(12-14)4-2-9-18(17)10-8-16-5-3-11-20-16/h6-7,12,16H,2-5,8-11H2,1H3. The van der Waals surface area contributed by atoms with Crippen LogP contribution in [0.3, 0.4) is 0 Å². The molecule has 0 aliphatic carbocycles. The number of anilines is 1. The van der Waals surface area contributed by atoms with Gasteiger partial charge in [-0.25, -0.2) is 0 Å². The van der Waals surface area contributed by atoms with Crippen molar-refractivity contribution in [2.75, 3.05) is 24.6 Å². The highest BCUT2D eigenvalue weighted by Gasteiger charge is 2.21. The monoisotopic (exact) mass is 273 g/mol. The third kappa shape index (κ3) is 2.88. The molecule has 2 heterocycles. The Balaban J connectivity index is 1.70. The Kier molecular flexibility index (Phi) is 4.06. The average Bonchev–Trinajstić information content (AvgIpc) is 2.97. The Hall–Kier alpha value is -1.35. The lowest BCUT2D eigenvalue weighted by atomic mass is 9.97. The number of hydrogen-bond acceptors (Lipinski definition) is 3. The smallest absolute Gasteiger partial charge is 0.159 e. The molecule has 20 heavy (non-hydrogen) atoms. The fraction of sp³-hybridized carbons (Fsp3) is 0.588. The summed E-state index contributed by atoms with van der Waals surface area (Å²) in [4.78, 5) is 13.9. The highest BCUT2D eigenvalue weighted by atomic mass is 16.5. The first-order valence-corrected chi connectivity index (χ1v) is 7.74. The van der Waals surface area contributed by atoms with Crippen LogP contribution < -0.4 is 4.90 Å². The van der Waals surface area contributed by atoms with Crippen LogP contribution in [0.1, 0.15) is 48.5 Å². The van der Waals surface area contributed by atoms with E-state index in [4.69, 9.17) is 4.74 Å². The second kappa shape index (κ2) is 5.96. The topological polar surface area (TPSA) is 29.5 Å². The van der Waals surface area contributed by atoms with E-state index in [1.165, 1.54) is 30.5 Å². The zero-order chi connectivity index (χ0) is 13.9. The van der Waals surface area contributed by atoms with Gasteiger partial charge in [0, 0.05) is 30.9 Å². The van der Waals surface area contributed by atoms with Crippen molar-refractivity contribution < 1.29 is 9.53 Å². The zero-order valence-corrected chi connectivity index (χ0v) is 12.2. The van der Waals surface area contributed by atoms with E-state index in [2.05, 4.69) is 17.0 Å². The van der Waals surface area contributed by atoms with Crippen LogP contribution >= 0.6 is 0 Å². The molecule has 2 aliphatic rings. The molecule has 0 amide bonds. The van der Waals surface area contributed by atoms with E-state index in [1.54, 1.807) is 6.92 Å². The number of Topliss-reactive ketones (excluding diaryl/α,β-unsaturated/α-hetero) is 1. The second-order valence-corrected chi connectivity index (χ2v) is 5.91. The molecular weight excluding hydrogens is 250 g/mol. The SMILES string of the molecule is CC(=O)c1ccc2c(c1)CCCN2CCC1CCCO1. The average molecular weight is 273 g/mol. The van der Waals surface area contributed by atoms with Crippen molar-refractivity contribution in [3.63, 3.8) is 0 Å². The molecule has 0 bridgehead atoms. The molecule has 1 unspecified atom stereocenters. The van der Waals surface area contributed by atoms with Gasteiger partial charge in [-0.05, 0) is 62.8 Å². The zero-order valence-electron chi connectivity index (χ0n) is 12.2. The van der Waals surface area contributed by atoms with Crippen LogP contribution in [0.2, 0.25) is 0 Å². The third-order valence-electron chi connectivity index (χ3n) is 4.45. The van der Waals surface area contributed by atoms with Gasteiger partial charge in [0.25, 0.3) is 0 Å². The van der Waals surface area contributed by atoms with E-state index in [0.717, 1.165) is 38.1 Å². The van der Waals surface area contributed by atoms with E-state index >= 15 is 0 Å². The molecule has 1 fully saturated rings. The predicted molar refractivity (Wildman–Crippen MR) is 80.6 cm³/mol. The van der Waals surface area contributed by atoms with Gasteiger partial charge in [-0.2, -0.15) is 0 Å². The summed E-state index contributed by atoms with van der Waals surface area (Å²) in [5.74, 6) is 0.157. The number of hydrogen-bond donors (Lipinski definition) is 0. The summed E-state index contributed by atoms with van der Waals surface area (Å²) in [5, 5.41) is 0. The van der Waals surface area contributed by atoms with Crippen molar-refractivity contribution in [2.45, 2.75) is 45.1 Å². The maximum atomic E-state index is 11.5. The molecule has 0 radical (unpaired) electrons. The number of fused-ring (bicyclic) bond motifs is 1. The maximum absolute atomic E-state index is 11.5. The first-order chi connectivity index (χ1) is 9.74. The minimum absolute atomic E-state index is 0.157. The summed E-state index contributed by atoms with van der Waals surface area (Å²) in [6.07, 6.45) is 6.27. The molecule has 1 aromatic carbocycles. The van der Waals surface area contributed by atoms with Gasteiger partial charge in [-0.1, -0.05) is 0 Å². The second-order valence-electron chi connectivity index (χ2n) is 5.91. The highest BCUT2D eigenvalue weighted by molar-refractivity contribution is 5.94. The summed E-state index contributed by atoms with van der Waals surface area (Å²) in [7, 11) is 0. The number of nitrogens with zero attached hydrogens (tertiary/aromatic N) is 1. The number of rotatable bonds is 4. The van der Waals surface area contributed by atoms with Crippen molar-refractivity contribution in [2.24, 2.45) is 0 Å². The van der Waals surface area contributed by atoms with E-state index in [0.29, 0.717) is 6.10 Å². The molecule has 1 aromatic rings. The Bertz CT molecular complexity index is 492. The fourth-order valence-electron chi connectivity index (χ4n) is 3.30. The molecule has 108 valence electrons. The van der Waals surface area contributed by atoms with Crippen molar-refractivity contribution in [1.82, 2.24) is 0 Å². The van der Waals surface area contributed by atoms with Crippen molar-refractivity contribution in [3.05, 3.63) is 29.3 Å². The van der Waals surface area contributed by atoms with E-state index in [9.17, 15) is 4.79 Å². The fourth-order valence-corrected chi connectivity index (χ4v) is 3.30. The van der Waals surface area contributed by atoms with Gasteiger partial charge < -0.3 is 9.64 Å². The van der Waals surface area contributed by atoms with Gasteiger partial charge in [0.15, 0.2) is 5.78 Å². The third-order valence-corrected chi connectivity index (χ3v) is 4.45. The van der Waals surface area contributed by atoms with Gasteiger partial charge in [-0.3, -0.25) is 4.79 Å². The van der Waals surface area contributed by atoms with Crippen LogP contribution in [-0.4, -0.2) is 31.6 Å². The Labute approximate surface area is 120 Å². The predicted octanol–water partition coefficient (Wildman–Crippen LogP) is 3.21. The Morgan fingerprint density at radius 3 is 3.05 bits per heavy atom. The van der Waals surface area contributed by atoms with Gasteiger partial charge in [0.05, 0.1) is 6.10 Å². The largest absolute Gasteiger partial charge is 0.378 e. The van der Waals surface area contributed by atoms with Gasteiger partial charge in [-0.15, -0.1) is 0 Å². The first kappa shape index (κ1) is 13.6. The van der Waals surface area contributed by atoms with Crippen LogP contribution in [0, 0.1) is 0 Å². The lowest BCUT2D eigenvalue weighted by Crippen LogP contribution is -2.32. The molecule has 1 atom stereocenters. The van der Waals surface area contributed by atoms with Crippen LogP contribution in [-0.2, 0) is 11.2 Å². The van der Waals surface area contributed by atoms with Gasteiger partial charge in [0.2, 0.25) is 0 Å². The number of aryl methyl sites for hydroxylation is 1. The van der Waals surface area contributed by atoms with E-state index < -0.39 is 0 Å². The number of carbonyl (C=O) groups excluding carboxylic acids is 1. The molecule has 0 saturated carbocycles.